The van der Waals surface area contributed by atoms with Gasteiger partial charge in [-0.3, -0.25) is 0 Å². The summed E-state index contributed by atoms with van der Waals surface area (Å²) in [6.45, 7) is 0.561. The Balaban J connectivity index is 1.94. The summed E-state index contributed by atoms with van der Waals surface area (Å²) in [6, 6.07) is 6.98. The third-order valence-corrected chi connectivity index (χ3v) is 5.53. The Hall–Kier alpha value is -0.580. The Morgan fingerprint density at radius 2 is 1.75 bits per heavy atom. The van der Waals surface area contributed by atoms with Crippen LogP contribution in [0.2, 0.25) is 0 Å². The van der Waals surface area contributed by atoms with E-state index in [0.717, 1.165) is 24.8 Å². The molecule has 3 nitrogen and oxygen atoms in total. The third kappa shape index (κ3) is 4.47. The molecule has 0 aromatic heterocycles. The van der Waals surface area contributed by atoms with E-state index in [1.165, 1.54) is 19.3 Å². The van der Waals surface area contributed by atoms with Crippen LogP contribution in [0.5, 0.6) is 0 Å². The van der Waals surface area contributed by atoms with Crippen LogP contribution in [0.25, 0.3) is 0 Å². The minimum Gasteiger partial charge on any atom is -0.211 e. The summed E-state index contributed by atoms with van der Waals surface area (Å²) in [5.74, 6) is 1.04. The highest BCUT2D eigenvalue weighted by Gasteiger charge is 2.18. The first-order valence-electron chi connectivity index (χ1n) is 7.26. The number of alkyl halides is 1. The summed E-state index contributed by atoms with van der Waals surface area (Å²) < 4.78 is 27.2. The molecule has 112 valence electrons. The number of benzene rings is 1. The Kier molecular flexibility index (Phi) is 5.87. The Morgan fingerprint density at radius 3 is 2.35 bits per heavy atom. The summed E-state index contributed by atoms with van der Waals surface area (Å²) >= 11 is 5.67. The van der Waals surface area contributed by atoms with Gasteiger partial charge in [0, 0.05) is 12.4 Å². The molecule has 5 heteroatoms. The van der Waals surface area contributed by atoms with Crippen LogP contribution < -0.4 is 4.72 Å². The fourth-order valence-corrected chi connectivity index (χ4v) is 3.98. The van der Waals surface area contributed by atoms with Crippen LogP contribution in [-0.2, 0) is 16.4 Å². The SMILES string of the molecule is O=S(=O)(NCC1CCCCC1)c1ccc(CCCl)cc1. The average Bonchev–Trinajstić information content (AvgIpc) is 2.47. The van der Waals surface area contributed by atoms with Crippen molar-refractivity contribution in [2.75, 3.05) is 12.4 Å². The molecule has 1 aromatic rings. The maximum atomic E-state index is 12.2. The fourth-order valence-electron chi connectivity index (χ4n) is 2.65. The molecule has 0 spiro atoms. The second-order valence-electron chi connectivity index (χ2n) is 5.44. The number of aryl methyl sites for hydroxylation is 1. The highest BCUT2D eigenvalue weighted by atomic mass is 35.5. The van der Waals surface area contributed by atoms with Crippen LogP contribution >= 0.6 is 11.6 Å². The third-order valence-electron chi connectivity index (χ3n) is 3.90. The number of hydrogen-bond donors (Lipinski definition) is 1. The molecular formula is C15H22ClNO2S. The molecular weight excluding hydrogens is 294 g/mol. The molecule has 0 aliphatic heterocycles. The summed E-state index contributed by atoms with van der Waals surface area (Å²) in [5, 5.41) is 0. The van der Waals surface area contributed by atoms with Gasteiger partial charge in [0.1, 0.15) is 0 Å². The van der Waals surface area contributed by atoms with Crippen LogP contribution in [0.15, 0.2) is 29.2 Å². The van der Waals surface area contributed by atoms with Gasteiger partial charge in [0.05, 0.1) is 4.90 Å². The standard InChI is InChI=1S/C15H22ClNO2S/c16-11-10-13-6-8-15(9-7-13)20(18,19)17-12-14-4-2-1-3-5-14/h6-9,14,17H,1-5,10-12H2. The quantitative estimate of drug-likeness (QED) is 0.818. The monoisotopic (exact) mass is 315 g/mol. The number of hydrogen-bond acceptors (Lipinski definition) is 2. The van der Waals surface area contributed by atoms with Crippen LogP contribution in [-0.4, -0.2) is 20.8 Å². The first-order chi connectivity index (χ1) is 9.62. The van der Waals surface area contributed by atoms with Gasteiger partial charge in [-0.2, -0.15) is 0 Å². The lowest BCUT2D eigenvalue weighted by Gasteiger charge is -2.21. The van der Waals surface area contributed by atoms with E-state index in [0.29, 0.717) is 23.2 Å². The van der Waals surface area contributed by atoms with Crippen molar-refractivity contribution in [3.63, 3.8) is 0 Å². The van der Waals surface area contributed by atoms with Crippen molar-refractivity contribution in [3.8, 4) is 0 Å². The van der Waals surface area contributed by atoms with Crippen molar-refractivity contribution in [2.45, 2.75) is 43.4 Å². The van der Waals surface area contributed by atoms with E-state index in [9.17, 15) is 8.42 Å². The molecule has 1 aliphatic carbocycles. The zero-order valence-corrected chi connectivity index (χ0v) is 13.2. The maximum absolute atomic E-state index is 12.2. The highest BCUT2D eigenvalue weighted by molar-refractivity contribution is 7.89. The molecule has 0 atom stereocenters. The Labute approximate surface area is 126 Å². The zero-order valence-electron chi connectivity index (χ0n) is 11.6. The van der Waals surface area contributed by atoms with Crippen molar-refractivity contribution in [1.82, 2.24) is 4.72 Å². The molecule has 0 radical (unpaired) electrons. The maximum Gasteiger partial charge on any atom is 0.240 e. The number of nitrogens with one attached hydrogen (secondary N) is 1. The van der Waals surface area contributed by atoms with E-state index in [2.05, 4.69) is 4.72 Å². The molecule has 2 rings (SSSR count). The predicted octanol–water partition coefficient (Wildman–Crippen LogP) is 3.33. The molecule has 0 bridgehead atoms. The predicted molar refractivity (Wildman–Crippen MR) is 82.6 cm³/mol. The summed E-state index contributed by atoms with van der Waals surface area (Å²) in [4.78, 5) is 0.339. The molecule has 1 saturated carbocycles. The molecule has 0 unspecified atom stereocenters. The van der Waals surface area contributed by atoms with Crippen molar-refractivity contribution < 1.29 is 8.42 Å². The minimum absolute atomic E-state index is 0.339. The number of rotatable bonds is 6. The largest absolute Gasteiger partial charge is 0.240 e. The number of sulfonamides is 1. The van der Waals surface area contributed by atoms with Gasteiger partial charge in [0.15, 0.2) is 0 Å². The van der Waals surface area contributed by atoms with E-state index in [1.54, 1.807) is 12.1 Å². The lowest BCUT2D eigenvalue weighted by Crippen LogP contribution is -2.30. The second-order valence-corrected chi connectivity index (χ2v) is 7.58. The molecule has 20 heavy (non-hydrogen) atoms. The molecule has 1 aliphatic rings. The van der Waals surface area contributed by atoms with Gasteiger partial charge in [0.2, 0.25) is 10.0 Å². The molecule has 0 heterocycles. The van der Waals surface area contributed by atoms with Crippen LogP contribution in [0.1, 0.15) is 37.7 Å². The van der Waals surface area contributed by atoms with Crippen LogP contribution in [0.3, 0.4) is 0 Å². The average molecular weight is 316 g/mol. The molecule has 0 saturated heterocycles. The Morgan fingerprint density at radius 1 is 1.10 bits per heavy atom. The first kappa shape index (κ1) is 15.8. The van der Waals surface area contributed by atoms with Gasteiger partial charge in [0.25, 0.3) is 0 Å². The van der Waals surface area contributed by atoms with Crippen LogP contribution in [0, 0.1) is 5.92 Å². The van der Waals surface area contributed by atoms with Gasteiger partial charge in [-0.05, 0) is 42.9 Å². The van der Waals surface area contributed by atoms with Crippen molar-refractivity contribution in [1.29, 1.82) is 0 Å². The van der Waals surface area contributed by atoms with Crippen molar-refractivity contribution >= 4 is 21.6 Å². The molecule has 1 fully saturated rings. The Bertz CT molecular complexity index is 507. The molecule has 0 amide bonds. The van der Waals surface area contributed by atoms with E-state index in [-0.39, 0.29) is 0 Å². The number of halogens is 1. The van der Waals surface area contributed by atoms with Gasteiger partial charge >= 0.3 is 0 Å². The topological polar surface area (TPSA) is 46.2 Å². The lowest BCUT2D eigenvalue weighted by atomic mass is 9.90. The van der Waals surface area contributed by atoms with E-state index >= 15 is 0 Å². The normalized spacial score (nSPS) is 17.2. The van der Waals surface area contributed by atoms with E-state index in [4.69, 9.17) is 11.6 Å². The zero-order chi connectivity index (χ0) is 14.4. The van der Waals surface area contributed by atoms with Crippen molar-refractivity contribution in [3.05, 3.63) is 29.8 Å². The summed E-state index contributed by atoms with van der Waals surface area (Å²) in [5.41, 5.74) is 1.06. The smallest absolute Gasteiger partial charge is 0.211 e. The second kappa shape index (κ2) is 7.43. The molecule has 1 N–H and O–H groups in total. The van der Waals surface area contributed by atoms with E-state index in [1.807, 2.05) is 12.1 Å². The van der Waals surface area contributed by atoms with Gasteiger partial charge in [-0.25, -0.2) is 13.1 Å². The van der Waals surface area contributed by atoms with E-state index < -0.39 is 10.0 Å². The lowest BCUT2D eigenvalue weighted by molar-refractivity contribution is 0.357. The summed E-state index contributed by atoms with van der Waals surface area (Å²) in [7, 11) is -3.37. The van der Waals surface area contributed by atoms with Gasteiger partial charge in [-0.15, -0.1) is 11.6 Å². The summed E-state index contributed by atoms with van der Waals surface area (Å²) in [6.07, 6.45) is 6.76. The highest BCUT2D eigenvalue weighted by Crippen LogP contribution is 2.23. The van der Waals surface area contributed by atoms with Gasteiger partial charge < -0.3 is 0 Å². The first-order valence-corrected chi connectivity index (χ1v) is 9.28. The molecule has 1 aromatic carbocycles. The van der Waals surface area contributed by atoms with Gasteiger partial charge in [-0.1, -0.05) is 31.4 Å². The fraction of sp³-hybridized carbons (Fsp3) is 0.600. The van der Waals surface area contributed by atoms with Crippen molar-refractivity contribution in [2.24, 2.45) is 5.92 Å². The van der Waals surface area contributed by atoms with Crippen LogP contribution in [0.4, 0.5) is 0 Å². The minimum atomic E-state index is -3.37.